The normalized spacial score (nSPS) is 11.1. The third-order valence-electron chi connectivity index (χ3n) is 4.27. The summed E-state index contributed by atoms with van der Waals surface area (Å²) >= 11 is 0. The van der Waals surface area contributed by atoms with E-state index in [-0.39, 0.29) is 16.8 Å². The van der Waals surface area contributed by atoms with Crippen molar-refractivity contribution in [1.82, 2.24) is 4.57 Å². The highest BCUT2D eigenvalue weighted by atomic mass is 16.6. The van der Waals surface area contributed by atoms with Crippen LogP contribution in [0.25, 0.3) is 11.1 Å². The summed E-state index contributed by atoms with van der Waals surface area (Å²) in [5, 5.41) is 16.4. The first-order valence-electron chi connectivity index (χ1n) is 8.83. The minimum absolute atomic E-state index is 0.0185. The van der Waals surface area contributed by atoms with E-state index in [0.29, 0.717) is 5.69 Å². The summed E-state index contributed by atoms with van der Waals surface area (Å²) in [5.41, 5.74) is 0.908. The first-order valence-corrected chi connectivity index (χ1v) is 8.83. The van der Waals surface area contributed by atoms with Gasteiger partial charge in [-0.25, -0.2) is 9.59 Å². The lowest BCUT2D eigenvalue weighted by Crippen LogP contribution is -2.35. The molecule has 0 unspecified atom stereocenters. The lowest BCUT2D eigenvalue weighted by Gasteiger charge is -2.16. The monoisotopic (exact) mass is 402 g/mol. The summed E-state index contributed by atoms with van der Waals surface area (Å²) in [7, 11) is 0. The van der Waals surface area contributed by atoms with Gasteiger partial charge in [-0.1, -0.05) is 48.5 Å². The molecule has 148 valence electrons. The summed E-state index contributed by atoms with van der Waals surface area (Å²) in [6.07, 6.45) is 1.47. The zero-order chi connectivity index (χ0) is 21.1. The number of carbonyl (C=O) groups excluding carboxylic acids is 1. The van der Waals surface area contributed by atoms with Crippen molar-refractivity contribution in [3.63, 3.8) is 0 Å². The number of nitro groups is 1. The number of carbonyl (C=O) groups is 1. The smallest absolute Gasteiger partial charge is 0.407 e. The molecule has 0 radical (unpaired) electrons. The van der Waals surface area contributed by atoms with E-state index in [1.165, 1.54) is 18.3 Å². The number of nitro benzene ring substituents is 1. The molecule has 4 rings (SSSR count). The Morgan fingerprint density at radius 1 is 1.03 bits per heavy atom. The molecule has 0 atom stereocenters. The van der Waals surface area contributed by atoms with Gasteiger partial charge in [-0.05, 0) is 23.8 Å². The molecule has 1 heterocycles. The summed E-state index contributed by atoms with van der Waals surface area (Å²) in [6, 6.07) is 20.4. The quantitative estimate of drug-likeness (QED) is 0.291. The van der Waals surface area contributed by atoms with Crippen molar-refractivity contribution in [3.8, 4) is 0 Å². The lowest BCUT2D eigenvalue weighted by atomic mass is 10.2. The van der Waals surface area contributed by atoms with Gasteiger partial charge in [0.25, 0.3) is 5.69 Å². The highest BCUT2D eigenvalue weighted by Crippen LogP contribution is 2.22. The maximum atomic E-state index is 13.3. The highest BCUT2D eigenvalue weighted by molar-refractivity contribution is 5.99. The van der Waals surface area contributed by atoms with Crippen LogP contribution in [0, 0.1) is 10.1 Å². The molecule has 0 spiro atoms. The number of nitrogens with zero attached hydrogens (tertiary/aromatic N) is 4. The van der Waals surface area contributed by atoms with Gasteiger partial charge >= 0.3 is 11.8 Å². The van der Waals surface area contributed by atoms with Gasteiger partial charge in [0.05, 0.1) is 16.8 Å². The van der Waals surface area contributed by atoms with Gasteiger partial charge in [-0.15, -0.1) is 0 Å². The van der Waals surface area contributed by atoms with E-state index in [1.54, 1.807) is 42.5 Å². The molecule has 0 aliphatic rings. The Balaban J connectivity index is 1.83. The molecule has 1 aromatic heterocycles. The van der Waals surface area contributed by atoms with E-state index in [0.717, 1.165) is 21.2 Å². The predicted molar refractivity (Wildman–Crippen MR) is 111 cm³/mol. The Labute approximate surface area is 169 Å². The van der Waals surface area contributed by atoms with E-state index in [2.05, 4.69) is 5.10 Å². The molecular weight excluding hydrogens is 388 g/mol. The first-order chi connectivity index (χ1) is 14.5. The number of anilines is 1. The molecule has 30 heavy (non-hydrogen) atoms. The van der Waals surface area contributed by atoms with Crippen LogP contribution in [0.4, 0.5) is 16.2 Å². The fraction of sp³-hybridized carbons (Fsp3) is 0. The van der Waals surface area contributed by atoms with E-state index >= 15 is 0 Å². The lowest BCUT2D eigenvalue weighted by molar-refractivity contribution is -0.384. The number of amides is 1. The van der Waals surface area contributed by atoms with Crippen molar-refractivity contribution in [2.45, 2.75) is 0 Å². The number of aromatic nitrogens is 1. The van der Waals surface area contributed by atoms with Gasteiger partial charge in [-0.2, -0.15) is 14.7 Å². The van der Waals surface area contributed by atoms with Gasteiger partial charge in [0.1, 0.15) is 5.52 Å². The Bertz CT molecular complexity index is 1310. The molecule has 0 aliphatic heterocycles. The van der Waals surface area contributed by atoms with Crippen LogP contribution in [0.2, 0.25) is 0 Å². The van der Waals surface area contributed by atoms with Gasteiger partial charge in [0.15, 0.2) is 5.58 Å². The number of fused-ring (bicyclic) bond motifs is 1. The van der Waals surface area contributed by atoms with Crippen LogP contribution < -0.4 is 10.8 Å². The average Bonchev–Trinajstić information content (AvgIpc) is 3.10. The minimum atomic E-state index is -0.966. The van der Waals surface area contributed by atoms with Crippen molar-refractivity contribution in [1.29, 1.82) is 0 Å². The molecule has 0 aliphatic carbocycles. The summed E-state index contributed by atoms with van der Waals surface area (Å²) in [6.45, 7) is 0. The Morgan fingerprint density at radius 3 is 2.37 bits per heavy atom. The highest BCUT2D eigenvalue weighted by Gasteiger charge is 2.24. The second-order valence-corrected chi connectivity index (χ2v) is 6.20. The van der Waals surface area contributed by atoms with E-state index in [4.69, 9.17) is 4.42 Å². The number of non-ortho nitro benzene ring substituents is 1. The Hall–Kier alpha value is -4.53. The number of benzene rings is 3. The molecule has 0 saturated carbocycles. The minimum Gasteiger partial charge on any atom is -0.407 e. The maximum absolute atomic E-state index is 13.3. The van der Waals surface area contributed by atoms with Gasteiger partial charge in [-0.3, -0.25) is 10.1 Å². The van der Waals surface area contributed by atoms with Crippen molar-refractivity contribution in [3.05, 3.63) is 105 Å². The number of rotatable bonds is 4. The van der Waals surface area contributed by atoms with Gasteiger partial charge < -0.3 is 4.42 Å². The average molecular weight is 402 g/mol. The summed E-state index contributed by atoms with van der Waals surface area (Å²) in [4.78, 5) is 36.2. The van der Waals surface area contributed by atoms with Crippen molar-refractivity contribution in [2.75, 3.05) is 5.01 Å². The van der Waals surface area contributed by atoms with Crippen LogP contribution >= 0.6 is 0 Å². The molecule has 9 nitrogen and oxygen atoms in total. The van der Waals surface area contributed by atoms with E-state index in [9.17, 15) is 19.7 Å². The molecule has 4 aromatic rings. The Kier molecular flexibility index (Phi) is 4.92. The molecule has 0 bridgehead atoms. The SMILES string of the molecule is O=C(N(/N=C/c1ccccc1)c1ccccc1)n1c(=O)oc2ccc([N+](=O)[O-])cc21. The zero-order valence-corrected chi connectivity index (χ0v) is 15.4. The van der Waals surface area contributed by atoms with Crippen molar-refractivity contribution >= 4 is 34.7 Å². The van der Waals surface area contributed by atoms with E-state index in [1.807, 2.05) is 18.2 Å². The van der Waals surface area contributed by atoms with Gasteiger partial charge in [0, 0.05) is 12.1 Å². The van der Waals surface area contributed by atoms with Crippen LogP contribution in [0.5, 0.6) is 0 Å². The van der Waals surface area contributed by atoms with Crippen LogP contribution in [-0.2, 0) is 0 Å². The second kappa shape index (κ2) is 7.84. The number of hydrogen-bond acceptors (Lipinski definition) is 6. The number of para-hydroxylation sites is 1. The summed E-state index contributed by atoms with van der Waals surface area (Å²) in [5.74, 6) is -0.966. The van der Waals surface area contributed by atoms with E-state index < -0.39 is 16.7 Å². The standard InChI is InChI=1S/C21H14N4O5/c26-20(23-18-13-17(25(28)29)11-12-19(18)30-21(23)27)24(16-9-5-2-6-10-16)22-14-15-7-3-1-4-8-15/h1-14H/b22-14+. The third-order valence-corrected chi connectivity index (χ3v) is 4.27. The predicted octanol–water partition coefficient (Wildman–Crippen LogP) is 4.01. The molecule has 1 amide bonds. The van der Waals surface area contributed by atoms with Crippen LogP contribution in [0.3, 0.4) is 0 Å². The third kappa shape index (κ3) is 3.59. The summed E-state index contributed by atoms with van der Waals surface area (Å²) < 4.78 is 5.81. The maximum Gasteiger partial charge on any atom is 0.428 e. The molecule has 9 heteroatoms. The van der Waals surface area contributed by atoms with Crippen molar-refractivity contribution < 1.29 is 14.1 Å². The number of hydrogen-bond donors (Lipinski definition) is 0. The van der Waals surface area contributed by atoms with Crippen LogP contribution in [0.15, 0.2) is 93.2 Å². The Morgan fingerprint density at radius 2 is 1.70 bits per heavy atom. The number of hydrazone groups is 1. The second-order valence-electron chi connectivity index (χ2n) is 6.20. The fourth-order valence-electron chi connectivity index (χ4n) is 2.85. The molecular formula is C21H14N4O5. The molecule has 3 aromatic carbocycles. The molecule has 0 fully saturated rings. The van der Waals surface area contributed by atoms with Crippen molar-refractivity contribution in [2.24, 2.45) is 5.10 Å². The zero-order valence-electron chi connectivity index (χ0n) is 15.4. The largest absolute Gasteiger partial charge is 0.428 e. The molecule has 0 N–H and O–H groups in total. The van der Waals surface area contributed by atoms with Crippen LogP contribution in [0.1, 0.15) is 5.56 Å². The van der Waals surface area contributed by atoms with Gasteiger partial charge in [0.2, 0.25) is 0 Å². The molecule has 0 saturated heterocycles. The number of oxazole rings is 1. The topological polar surface area (TPSA) is 111 Å². The first kappa shape index (κ1) is 18.8. The van der Waals surface area contributed by atoms with Crippen LogP contribution in [-0.4, -0.2) is 21.7 Å². The fourth-order valence-corrected chi connectivity index (χ4v) is 2.85.